The van der Waals surface area contributed by atoms with Crippen LogP contribution in [0.4, 0.5) is 5.82 Å². The lowest BCUT2D eigenvalue weighted by atomic mass is 10.1. The summed E-state index contributed by atoms with van der Waals surface area (Å²) in [6.45, 7) is 0.160. The van der Waals surface area contributed by atoms with Crippen molar-refractivity contribution in [2.45, 2.75) is 0 Å². The summed E-state index contributed by atoms with van der Waals surface area (Å²) in [5, 5.41) is 0.688. The van der Waals surface area contributed by atoms with Gasteiger partial charge >= 0.3 is 5.97 Å². The first-order valence-corrected chi connectivity index (χ1v) is 6.49. The maximum absolute atomic E-state index is 11.3. The molecule has 1 aromatic carbocycles. The zero-order chi connectivity index (χ0) is 14.5. The Morgan fingerprint density at radius 2 is 1.95 bits per heavy atom. The maximum atomic E-state index is 11.3. The monoisotopic (exact) mass is 290 g/mol. The number of carbonyl (C=O) groups is 1. The molecule has 1 aromatic heterocycles. The molecule has 0 spiro atoms. The molecule has 2 aromatic rings. The molecule has 0 aliphatic carbocycles. The molecular formula is C15H15ClN2O2. The van der Waals surface area contributed by atoms with E-state index in [0.717, 1.165) is 11.3 Å². The minimum Gasteiger partial charge on any atom is -0.468 e. The van der Waals surface area contributed by atoms with Crippen LogP contribution in [0.25, 0.3) is 11.3 Å². The fourth-order valence-corrected chi connectivity index (χ4v) is 1.88. The number of pyridine rings is 1. The summed E-state index contributed by atoms with van der Waals surface area (Å²) < 4.78 is 4.65. The van der Waals surface area contributed by atoms with Gasteiger partial charge in [0.25, 0.3) is 0 Å². The normalized spacial score (nSPS) is 10.2. The third-order valence-electron chi connectivity index (χ3n) is 2.86. The molecule has 0 N–H and O–H groups in total. The van der Waals surface area contributed by atoms with Crippen LogP contribution in [0.3, 0.4) is 0 Å². The van der Waals surface area contributed by atoms with E-state index in [-0.39, 0.29) is 12.5 Å². The van der Waals surface area contributed by atoms with Crippen LogP contribution in [0.15, 0.2) is 42.5 Å². The van der Waals surface area contributed by atoms with E-state index in [0.29, 0.717) is 10.8 Å². The Bertz CT molecular complexity index is 599. The molecule has 1 heterocycles. The highest BCUT2D eigenvalue weighted by Gasteiger charge is 2.09. The van der Waals surface area contributed by atoms with E-state index >= 15 is 0 Å². The molecular weight excluding hydrogens is 276 g/mol. The lowest BCUT2D eigenvalue weighted by molar-refractivity contribution is -0.138. The van der Waals surface area contributed by atoms with Crippen LogP contribution < -0.4 is 4.90 Å². The largest absolute Gasteiger partial charge is 0.468 e. The van der Waals surface area contributed by atoms with Gasteiger partial charge in [-0.2, -0.15) is 0 Å². The average molecular weight is 291 g/mol. The first-order valence-electron chi connectivity index (χ1n) is 6.11. The molecule has 0 aliphatic heterocycles. The Morgan fingerprint density at radius 1 is 1.25 bits per heavy atom. The van der Waals surface area contributed by atoms with Crippen molar-refractivity contribution >= 4 is 23.4 Å². The Kier molecular flexibility index (Phi) is 4.58. The number of benzene rings is 1. The van der Waals surface area contributed by atoms with Crippen molar-refractivity contribution in [3.8, 4) is 11.3 Å². The lowest BCUT2D eigenvalue weighted by Gasteiger charge is -2.17. The number of esters is 1. The maximum Gasteiger partial charge on any atom is 0.325 e. The molecule has 0 bridgehead atoms. The van der Waals surface area contributed by atoms with E-state index in [9.17, 15) is 4.79 Å². The minimum absolute atomic E-state index is 0.160. The van der Waals surface area contributed by atoms with Gasteiger partial charge in [-0.25, -0.2) is 4.98 Å². The summed E-state index contributed by atoms with van der Waals surface area (Å²) in [5.41, 5.74) is 1.80. The van der Waals surface area contributed by atoms with Crippen molar-refractivity contribution in [1.29, 1.82) is 0 Å². The molecule has 0 fully saturated rings. The van der Waals surface area contributed by atoms with Gasteiger partial charge in [0.15, 0.2) is 0 Å². The van der Waals surface area contributed by atoms with Gasteiger partial charge in [-0.1, -0.05) is 29.8 Å². The number of halogens is 1. The predicted molar refractivity (Wildman–Crippen MR) is 80.0 cm³/mol. The topological polar surface area (TPSA) is 42.4 Å². The van der Waals surface area contributed by atoms with Crippen LogP contribution in [0.1, 0.15) is 0 Å². The third kappa shape index (κ3) is 3.48. The summed E-state index contributed by atoms with van der Waals surface area (Å²) >= 11 is 5.87. The van der Waals surface area contributed by atoms with Crippen LogP contribution >= 0.6 is 11.6 Å². The number of aromatic nitrogens is 1. The number of carbonyl (C=O) groups excluding carboxylic acids is 1. The number of ether oxygens (including phenoxy) is 1. The molecule has 0 radical (unpaired) electrons. The van der Waals surface area contributed by atoms with Crippen molar-refractivity contribution in [2.24, 2.45) is 0 Å². The first-order chi connectivity index (χ1) is 9.60. The van der Waals surface area contributed by atoms with Crippen LogP contribution in [0.2, 0.25) is 5.02 Å². The fraction of sp³-hybridized carbons (Fsp3) is 0.200. The van der Waals surface area contributed by atoms with Crippen molar-refractivity contribution < 1.29 is 9.53 Å². The van der Waals surface area contributed by atoms with E-state index in [2.05, 4.69) is 9.72 Å². The second-order valence-electron chi connectivity index (χ2n) is 4.32. The van der Waals surface area contributed by atoms with Crippen molar-refractivity contribution in [3.05, 3.63) is 47.5 Å². The van der Waals surface area contributed by atoms with Crippen LogP contribution in [-0.4, -0.2) is 31.7 Å². The number of hydrogen-bond acceptors (Lipinski definition) is 4. The Morgan fingerprint density at radius 3 is 2.60 bits per heavy atom. The lowest BCUT2D eigenvalue weighted by Crippen LogP contribution is -2.27. The van der Waals surface area contributed by atoms with Crippen molar-refractivity contribution in [1.82, 2.24) is 4.98 Å². The van der Waals surface area contributed by atoms with E-state index in [1.807, 2.05) is 42.5 Å². The van der Waals surface area contributed by atoms with Gasteiger partial charge in [0.1, 0.15) is 12.4 Å². The number of hydrogen-bond donors (Lipinski definition) is 0. The van der Waals surface area contributed by atoms with Crippen molar-refractivity contribution in [2.75, 3.05) is 25.6 Å². The van der Waals surface area contributed by atoms with Gasteiger partial charge < -0.3 is 9.64 Å². The highest BCUT2D eigenvalue weighted by molar-refractivity contribution is 6.30. The Hall–Kier alpha value is -2.07. The van der Waals surface area contributed by atoms with Crippen LogP contribution in [0.5, 0.6) is 0 Å². The van der Waals surface area contributed by atoms with Gasteiger partial charge in [-0.3, -0.25) is 4.79 Å². The highest BCUT2D eigenvalue weighted by atomic mass is 35.5. The molecule has 0 saturated carbocycles. The van der Waals surface area contributed by atoms with Gasteiger partial charge in [0.05, 0.1) is 12.8 Å². The zero-order valence-electron chi connectivity index (χ0n) is 11.3. The second-order valence-corrected chi connectivity index (χ2v) is 4.76. The number of nitrogens with zero attached hydrogens (tertiary/aromatic N) is 2. The Labute approximate surface area is 123 Å². The predicted octanol–water partition coefficient (Wildman–Crippen LogP) is 3.01. The number of rotatable bonds is 4. The van der Waals surface area contributed by atoms with Crippen LogP contribution in [0, 0.1) is 0 Å². The quantitative estimate of drug-likeness (QED) is 0.812. The number of likely N-dealkylation sites (N-methyl/N-ethyl adjacent to an activating group) is 1. The van der Waals surface area contributed by atoms with E-state index < -0.39 is 0 Å². The zero-order valence-corrected chi connectivity index (χ0v) is 12.1. The van der Waals surface area contributed by atoms with Gasteiger partial charge in [-0.05, 0) is 24.3 Å². The summed E-state index contributed by atoms with van der Waals surface area (Å²) in [7, 11) is 3.17. The minimum atomic E-state index is -0.300. The molecule has 5 heteroatoms. The fourth-order valence-electron chi connectivity index (χ4n) is 1.76. The van der Waals surface area contributed by atoms with E-state index in [1.165, 1.54) is 7.11 Å². The molecule has 4 nitrogen and oxygen atoms in total. The molecule has 0 unspecified atom stereocenters. The SMILES string of the molecule is COC(=O)CN(C)c1cccc(-c2ccc(Cl)cc2)n1. The third-order valence-corrected chi connectivity index (χ3v) is 3.11. The summed E-state index contributed by atoms with van der Waals surface area (Å²) in [4.78, 5) is 17.6. The summed E-state index contributed by atoms with van der Waals surface area (Å²) in [5.74, 6) is 0.411. The molecule has 0 amide bonds. The standard InChI is InChI=1S/C15H15ClN2O2/c1-18(10-15(19)20-2)14-5-3-4-13(17-14)11-6-8-12(16)9-7-11/h3-9H,10H2,1-2H3. The van der Waals surface area contributed by atoms with E-state index in [4.69, 9.17) is 11.6 Å². The molecule has 104 valence electrons. The molecule has 2 rings (SSSR count). The summed E-state index contributed by atoms with van der Waals surface area (Å²) in [6.07, 6.45) is 0. The number of methoxy groups -OCH3 is 1. The molecule has 0 aliphatic rings. The number of anilines is 1. The Balaban J connectivity index is 2.23. The highest BCUT2D eigenvalue weighted by Crippen LogP contribution is 2.21. The smallest absolute Gasteiger partial charge is 0.325 e. The molecule has 20 heavy (non-hydrogen) atoms. The van der Waals surface area contributed by atoms with Crippen molar-refractivity contribution in [3.63, 3.8) is 0 Å². The summed E-state index contributed by atoms with van der Waals surface area (Å²) in [6, 6.07) is 13.1. The second kappa shape index (κ2) is 6.39. The van der Waals surface area contributed by atoms with Crippen LogP contribution in [-0.2, 0) is 9.53 Å². The molecule has 0 atom stereocenters. The van der Waals surface area contributed by atoms with E-state index in [1.54, 1.807) is 11.9 Å². The van der Waals surface area contributed by atoms with Gasteiger partial charge in [0, 0.05) is 17.6 Å². The first kappa shape index (κ1) is 14.3. The molecule has 0 saturated heterocycles. The van der Waals surface area contributed by atoms with Gasteiger partial charge in [0.2, 0.25) is 0 Å². The average Bonchev–Trinajstić information content (AvgIpc) is 2.48. The van der Waals surface area contributed by atoms with Gasteiger partial charge in [-0.15, -0.1) is 0 Å².